The van der Waals surface area contributed by atoms with Crippen LogP contribution in [0, 0.1) is 0 Å². The van der Waals surface area contributed by atoms with Gasteiger partial charge >= 0.3 is 0 Å². The van der Waals surface area contributed by atoms with Gasteiger partial charge in [0.15, 0.2) is 0 Å². The van der Waals surface area contributed by atoms with Crippen molar-refractivity contribution in [2.24, 2.45) is 0 Å². The van der Waals surface area contributed by atoms with Crippen LogP contribution in [0.2, 0.25) is 0 Å². The Kier molecular flexibility index (Phi) is 7.58. The zero-order valence-electron chi connectivity index (χ0n) is 21.1. The monoisotopic (exact) mass is 482 g/mol. The fraction of sp³-hybridized carbons (Fsp3) is 0.290. The molecule has 4 aromatic carbocycles. The Morgan fingerprint density at radius 3 is 2.14 bits per heavy atom. The molecule has 4 aromatic rings. The van der Waals surface area contributed by atoms with E-state index in [1.54, 1.807) is 14.2 Å². The van der Waals surface area contributed by atoms with Crippen molar-refractivity contribution in [2.45, 2.75) is 19.3 Å². The third-order valence-corrected chi connectivity index (χ3v) is 6.86. The Morgan fingerprint density at radius 1 is 0.722 bits per heavy atom. The number of fused-ring (bicyclic) bond motifs is 1. The van der Waals surface area contributed by atoms with Gasteiger partial charge in [-0.1, -0.05) is 24.6 Å². The van der Waals surface area contributed by atoms with Crippen LogP contribution in [0.15, 0.2) is 78.9 Å². The van der Waals surface area contributed by atoms with E-state index in [2.05, 4.69) is 52.7 Å². The molecule has 0 amide bonds. The summed E-state index contributed by atoms with van der Waals surface area (Å²) in [5.41, 5.74) is 3.20. The molecule has 5 rings (SSSR count). The summed E-state index contributed by atoms with van der Waals surface area (Å²) in [7, 11) is 3.37. The standard InChI is InChI=1S/C31H34N2O3/c1-34-26-11-6-23(7-12-26)29-16-8-24-22-28(35-2)15-17-30(24)31(29)36-27-13-9-25(10-14-27)32-18-21-33-19-4-3-5-20-33/h6-17,22,32H,3-5,18-21H2,1-2H3. The van der Waals surface area contributed by atoms with Crippen LogP contribution in [0.3, 0.4) is 0 Å². The molecule has 1 fully saturated rings. The van der Waals surface area contributed by atoms with Gasteiger partial charge in [0.2, 0.25) is 0 Å². The molecule has 1 N–H and O–H groups in total. The average molecular weight is 483 g/mol. The van der Waals surface area contributed by atoms with E-state index in [4.69, 9.17) is 14.2 Å². The van der Waals surface area contributed by atoms with Crippen LogP contribution < -0.4 is 19.5 Å². The van der Waals surface area contributed by atoms with E-state index in [1.165, 1.54) is 32.4 Å². The molecule has 0 saturated carbocycles. The smallest absolute Gasteiger partial charge is 0.143 e. The third-order valence-electron chi connectivity index (χ3n) is 6.86. The van der Waals surface area contributed by atoms with E-state index in [0.29, 0.717) is 0 Å². The molecule has 1 heterocycles. The predicted molar refractivity (Wildman–Crippen MR) is 148 cm³/mol. The van der Waals surface area contributed by atoms with Crippen molar-refractivity contribution in [1.29, 1.82) is 0 Å². The fourth-order valence-electron chi connectivity index (χ4n) is 4.81. The summed E-state index contributed by atoms with van der Waals surface area (Å²) in [6, 6.07) is 26.6. The van der Waals surface area contributed by atoms with Crippen LogP contribution in [-0.2, 0) is 0 Å². The van der Waals surface area contributed by atoms with Gasteiger partial charge in [0.25, 0.3) is 0 Å². The molecule has 0 spiro atoms. The number of hydrogen-bond acceptors (Lipinski definition) is 5. The quantitative estimate of drug-likeness (QED) is 0.273. The van der Waals surface area contributed by atoms with Gasteiger partial charge in [-0.3, -0.25) is 0 Å². The first-order valence-electron chi connectivity index (χ1n) is 12.7. The van der Waals surface area contributed by atoms with Gasteiger partial charge in [-0.05, 0) is 97.5 Å². The van der Waals surface area contributed by atoms with E-state index in [9.17, 15) is 0 Å². The minimum atomic E-state index is 0.801. The molecule has 36 heavy (non-hydrogen) atoms. The molecule has 0 radical (unpaired) electrons. The number of nitrogens with one attached hydrogen (secondary N) is 1. The molecule has 0 bridgehead atoms. The number of piperidine rings is 1. The summed E-state index contributed by atoms with van der Waals surface area (Å²) >= 11 is 0. The number of nitrogens with zero attached hydrogens (tertiary/aromatic N) is 1. The number of anilines is 1. The van der Waals surface area contributed by atoms with Crippen molar-refractivity contribution in [1.82, 2.24) is 4.90 Å². The van der Waals surface area contributed by atoms with Crippen molar-refractivity contribution < 1.29 is 14.2 Å². The Hall–Kier alpha value is -3.70. The molecule has 0 unspecified atom stereocenters. The third kappa shape index (κ3) is 5.58. The van der Waals surface area contributed by atoms with Gasteiger partial charge in [0.1, 0.15) is 23.0 Å². The van der Waals surface area contributed by atoms with Crippen molar-refractivity contribution >= 4 is 16.5 Å². The van der Waals surface area contributed by atoms with Gasteiger partial charge in [0.05, 0.1) is 14.2 Å². The molecular formula is C31H34N2O3. The number of likely N-dealkylation sites (tertiary alicyclic amines) is 1. The highest BCUT2D eigenvalue weighted by molar-refractivity contribution is 5.96. The van der Waals surface area contributed by atoms with Gasteiger partial charge < -0.3 is 24.4 Å². The maximum Gasteiger partial charge on any atom is 0.143 e. The lowest BCUT2D eigenvalue weighted by molar-refractivity contribution is 0.237. The van der Waals surface area contributed by atoms with Gasteiger partial charge in [-0.25, -0.2) is 0 Å². The van der Waals surface area contributed by atoms with Gasteiger partial charge in [-0.15, -0.1) is 0 Å². The van der Waals surface area contributed by atoms with Crippen molar-refractivity contribution in [3.8, 4) is 34.1 Å². The van der Waals surface area contributed by atoms with Crippen LogP contribution in [0.5, 0.6) is 23.0 Å². The summed E-state index contributed by atoms with van der Waals surface area (Å²) in [6.45, 7) is 4.49. The fourth-order valence-corrected chi connectivity index (χ4v) is 4.81. The summed E-state index contributed by atoms with van der Waals surface area (Å²) in [5, 5.41) is 5.65. The second-order valence-electron chi connectivity index (χ2n) is 9.21. The SMILES string of the molecule is COc1ccc(-c2ccc3cc(OC)ccc3c2Oc2ccc(NCCN3CCCCC3)cc2)cc1. The Labute approximate surface area is 213 Å². The largest absolute Gasteiger partial charge is 0.497 e. The summed E-state index contributed by atoms with van der Waals surface area (Å²) in [5.74, 6) is 3.28. The number of benzene rings is 4. The second-order valence-corrected chi connectivity index (χ2v) is 9.21. The Morgan fingerprint density at radius 2 is 1.42 bits per heavy atom. The molecule has 0 atom stereocenters. The lowest BCUT2D eigenvalue weighted by Crippen LogP contribution is -2.33. The number of rotatable bonds is 9. The lowest BCUT2D eigenvalue weighted by Gasteiger charge is -2.26. The zero-order valence-corrected chi connectivity index (χ0v) is 21.1. The molecule has 0 aliphatic carbocycles. The molecule has 0 aromatic heterocycles. The van der Waals surface area contributed by atoms with Gasteiger partial charge in [0, 0.05) is 29.7 Å². The highest BCUT2D eigenvalue weighted by atomic mass is 16.5. The van der Waals surface area contributed by atoms with E-state index in [-0.39, 0.29) is 0 Å². The van der Waals surface area contributed by atoms with Crippen molar-refractivity contribution in [3.05, 3.63) is 78.9 Å². The normalized spacial score (nSPS) is 13.9. The Balaban J connectivity index is 1.38. The molecule has 5 nitrogen and oxygen atoms in total. The topological polar surface area (TPSA) is 43.0 Å². The van der Waals surface area contributed by atoms with Crippen molar-refractivity contribution in [3.63, 3.8) is 0 Å². The number of ether oxygens (including phenoxy) is 3. The summed E-state index contributed by atoms with van der Waals surface area (Å²) in [6.07, 6.45) is 4.02. The highest BCUT2D eigenvalue weighted by Crippen LogP contribution is 2.41. The van der Waals surface area contributed by atoms with Crippen LogP contribution in [0.1, 0.15) is 19.3 Å². The molecule has 186 valence electrons. The minimum absolute atomic E-state index is 0.801. The summed E-state index contributed by atoms with van der Waals surface area (Å²) in [4.78, 5) is 2.55. The van der Waals surface area contributed by atoms with Crippen LogP contribution in [-0.4, -0.2) is 45.3 Å². The van der Waals surface area contributed by atoms with Crippen LogP contribution in [0.4, 0.5) is 5.69 Å². The molecule has 1 aliphatic rings. The lowest BCUT2D eigenvalue weighted by atomic mass is 9.99. The van der Waals surface area contributed by atoms with Gasteiger partial charge in [-0.2, -0.15) is 0 Å². The van der Waals surface area contributed by atoms with Crippen LogP contribution in [0.25, 0.3) is 21.9 Å². The first kappa shape index (κ1) is 24.0. The molecule has 1 aliphatic heterocycles. The first-order valence-corrected chi connectivity index (χ1v) is 12.7. The maximum atomic E-state index is 6.55. The number of hydrogen-bond donors (Lipinski definition) is 1. The van der Waals surface area contributed by atoms with E-state index in [1.807, 2.05) is 36.4 Å². The van der Waals surface area contributed by atoms with Crippen molar-refractivity contribution in [2.75, 3.05) is 45.7 Å². The predicted octanol–water partition coefficient (Wildman–Crippen LogP) is 7.21. The molecule has 5 heteroatoms. The number of methoxy groups -OCH3 is 2. The molecule has 1 saturated heterocycles. The van der Waals surface area contributed by atoms with E-state index >= 15 is 0 Å². The highest BCUT2D eigenvalue weighted by Gasteiger charge is 2.14. The average Bonchev–Trinajstić information content (AvgIpc) is 2.94. The van der Waals surface area contributed by atoms with Crippen LogP contribution >= 0.6 is 0 Å². The second kappa shape index (κ2) is 11.4. The first-order chi connectivity index (χ1) is 17.7. The zero-order chi connectivity index (χ0) is 24.7. The Bertz CT molecular complexity index is 1280. The van der Waals surface area contributed by atoms with E-state index in [0.717, 1.165) is 63.7 Å². The maximum absolute atomic E-state index is 6.55. The molecular weight excluding hydrogens is 448 g/mol. The van der Waals surface area contributed by atoms with E-state index < -0.39 is 0 Å². The summed E-state index contributed by atoms with van der Waals surface area (Å²) < 4.78 is 17.3. The minimum Gasteiger partial charge on any atom is -0.497 e.